The van der Waals surface area contributed by atoms with Gasteiger partial charge in [-0.05, 0) is 37.0 Å². The summed E-state index contributed by atoms with van der Waals surface area (Å²) < 4.78 is 4.97. The molecule has 0 aliphatic rings. The van der Waals surface area contributed by atoms with E-state index in [9.17, 15) is 0 Å². The maximum Gasteiger partial charge on any atom is 0.166 e. The van der Waals surface area contributed by atoms with Crippen molar-refractivity contribution in [3.8, 4) is 0 Å². The summed E-state index contributed by atoms with van der Waals surface area (Å²) in [7, 11) is 1.71. The highest BCUT2D eigenvalue weighted by molar-refractivity contribution is 7.80. The van der Waals surface area contributed by atoms with Crippen LogP contribution in [0, 0.1) is 0 Å². The summed E-state index contributed by atoms with van der Waals surface area (Å²) in [5, 5.41) is 7.10. The predicted molar refractivity (Wildman–Crippen MR) is 79.9 cm³/mol. The number of thiocarbonyl (C=S) groups is 1. The predicted octanol–water partition coefficient (Wildman–Crippen LogP) is 2.12. The van der Waals surface area contributed by atoms with Crippen LogP contribution < -0.4 is 10.6 Å². The fourth-order valence-electron chi connectivity index (χ4n) is 1.62. The molecule has 0 aromatic heterocycles. The molecule has 0 unspecified atom stereocenters. The number of nitrogens with one attached hydrogen (secondary N) is 2. The van der Waals surface area contributed by atoms with Gasteiger partial charge < -0.3 is 15.4 Å². The first kappa shape index (κ1) is 14.9. The molecule has 0 fully saturated rings. The van der Waals surface area contributed by atoms with Gasteiger partial charge in [0.25, 0.3) is 0 Å². The highest BCUT2D eigenvalue weighted by atomic mass is 32.1. The van der Waals surface area contributed by atoms with Crippen molar-refractivity contribution in [2.75, 3.05) is 26.8 Å². The normalized spacial score (nSPS) is 10.1. The Morgan fingerprint density at radius 1 is 1.11 bits per heavy atom. The van der Waals surface area contributed by atoms with Crippen molar-refractivity contribution in [1.29, 1.82) is 0 Å². The Balaban J connectivity index is 1.99. The summed E-state index contributed by atoms with van der Waals surface area (Å²) in [6.45, 7) is 2.53. The van der Waals surface area contributed by atoms with Crippen molar-refractivity contribution in [3.63, 3.8) is 0 Å². The highest BCUT2D eigenvalue weighted by Crippen LogP contribution is 2.01. The third-order valence-electron chi connectivity index (χ3n) is 2.58. The lowest BCUT2D eigenvalue weighted by Crippen LogP contribution is -2.36. The molecule has 0 saturated carbocycles. The van der Waals surface area contributed by atoms with Crippen molar-refractivity contribution < 1.29 is 4.74 Å². The average Bonchev–Trinajstić information content (AvgIpc) is 2.41. The molecule has 0 amide bonds. The van der Waals surface area contributed by atoms with Gasteiger partial charge in [-0.1, -0.05) is 30.3 Å². The lowest BCUT2D eigenvalue weighted by atomic mass is 10.1. The van der Waals surface area contributed by atoms with Gasteiger partial charge in [0.05, 0.1) is 0 Å². The molecule has 0 atom stereocenters. The fraction of sp³-hybridized carbons (Fsp3) is 0.500. The number of methoxy groups -OCH3 is 1. The summed E-state index contributed by atoms with van der Waals surface area (Å²) in [6.07, 6.45) is 3.15. The summed E-state index contributed by atoms with van der Waals surface area (Å²) in [6, 6.07) is 10.5. The first-order valence-electron chi connectivity index (χ1n) is 6.37. The van der Waals surface area contributed by atoms with E-state index < -0.39 is 0 Å². The van der Waals surface area contributed by atoms with Gasteiger partial charge >= 0.3 is 0 Å². The van der Waals surface area contributed by atoms with Crippen LogP contribution in [0.4, 0.5) is 0 Å². The van der Waals surface area contributed by atoms with E-state index in [-0.39, 0.29) is 0 Å². The highest BCUT2D eigenvalue weighted by Gasteiger charge is 1.95. The maximum atomic E-state index is 5.17. The summed E-state index contributed by atoms with van der Waals surface area (Å²) >= 11 is 5.17. The fourth-order valence-corrected chi connectivity index (χ4v) is 1.82. The summed E-state index contributed by atoms with van der Waals surface area (Å²) in [5.74, 6) is 0. The van der Waals surface area contributed by atoms with E-state index in [2.05, 4.69) is 34.9 Å². The second-order valence-corrected chi connectivity index (χ2v) is 4.53. The van der Waals surface area contributed by atoms with Crippen molar-refractivity contribution in [3.05, 3.63) is 35.9 Å². The lowest BCUT2D eigenvalue weighted by Gasteiger charge is -2.10. The second-order valence-electron chi connectivity index (χ2n) is 4.12. The van der Waals surface area contributed by atoms with Gasteiger partial charge in [-0.25, -0.2) is 0 Å². The molecule has 0 saturated heterocycles. The molecule has 1 aromatic carbocycles. The maximum absolute atomic E-state index is 5.17. The summed E-state index contributed by atoms with van der Waals surface area (Å²) in [5.41, 5.74) is 1.37. The quantitative estimate of drug-likeness (QED) is 0.558. The van der Waals surface area contributed by atoms with E-state index in [0.29, 0.717) is 0 Å². The number of hydrogen-bond acceptors (Lipinski definition) is 2. The Hall–Kier alpha value is -1.13. The molecular formula is C14H22N2OS. The Labute approximate surface area is 115 Å². The van der Waals surface area contributed by atoms with Gasteiger partial charge in [-0.2, -0.15) is 0 Å². The molecule has 0 heterocycles. The third-order valence-corrected chi connectivity index (χ3v) is 2.87. The lowest BCUT2D eigenvalue weighted by molar-refractivity contribution is 0.195. The van der Waals surface area contributed by atoms with Crippen LogP contribution in [0.5, 0.6) is 0 Å². The van der Waals surface area contributed by atoms with E-state index in [1.54, 1.807) is 7.11 Å². The SMILES string of the molecule is COCCCNC(=S)NCCCc1ccccc1. The first-order valence-corrected chi connectivity index (χ1v) is 6.78. The summed E-state index contributed by atoms with van der Waals surface area (Å²) in [4.78, 5) is 0. The molecule has 0 aliphatic carbocycles. The minimum absolute atomic E-state index is 0.735. The molecule has 0 bridgehead atoms. The molecule has 18 heavy (non-hydrogen) atoms. The zero-order valence-corrected chi connectivity index (χ0v) is 11.8. The monoisotopic (exact) mass is 266 g/mol. The number of aryl methyl sites for hydroxylation is 1. The Kier molecular flexibility index (Phi) is 8.17. The van der Waals surface area contributed by atoms with Crippen LogP contribution in [0.15, 0.2) is 30.3 Å². The number of ether oxygens (including phenoxy) is 1. The van der Waals surface area contributed by atoms with E-state index in [1.165, 1.54) is 5.56 Å². The van der Waals surface area contributed by atoms with Crippen LogP contribution in [0.2, 0.25) is 0 Å². The average molecular weight is 266 g/mol. The van der Waals surface area contributed by atoms with Gasteiger partial charge in [-0.15, -0.1) is 0 Å². The van der Waals surface area contributed by atoms with Crippen LogP contribution >= 0.6 is 12.2 Å². The molecule has 1 rings (SSSR count). The number of rotatable bonds is 8. The van der Waals surface area contributed by atoms with Crippen LogP contribution in [0.3, 0.4) is 0 Å². The van der Waals surface area contributed by atoms with Crippen molar-refractivity contribution in [1.82, 2.24) is 10.6 Å². The number of benzene rings is 1. The van der Waals surface area contributed by atoms with Crippen molar-refractivity contribution in [2.45, 2.75) is 19.3 Å². The van der Waals surface area contributed by atoms with Crippen molar-refractivity contribution >= 4 is 17.3 Å². The zero-order valence-electron chi connectivity index (χ0n) is 10.9. The van der Waals surface area contributed by atoms with Gasteiger partial charge in [0.2, 0.25) is 0 Å². The minimum Gasteiger partial charge on any atom is -0.385 e. The van der Waals surface area contributed by atoms with E-state index >= 15 is 0 Å². The van der Waals surface area contributed by atoms with E-state index in [0.717, 1.165) is 44.1 Å². The van der Waals surface area contributed by atoms with Gasteiger partial charge in [0, 0.05) is 26.8 Å². The minimum atomic E-state index is 0.735. The first-order chi connectivity index (χ1) is 8.83. The largest absolute Gasteiger partial charge is 0.385 e. The zero-order chi connectivity index (χ0) is 13.1. The van der Waals surface area contributed by atoms with Crippen LogP contribution in [0.1, 0.15) is 18.4 Å². The Morgan fingerprint density at radius 2 is 1.78 bits per heavy atom. The smallest absolute Gasteiger partial charge is 0.166 e. The third kappa shape index (κ3) is 7.25. The van der Waals surface area contributed by atoms with Gasteiger partial charge in [0.1, 0.15) is 0 Å². The van der Waals surface area contributed by atoms with Gasteiger partial charge in [0.15, 0.2) is 5.11 Å². The van der Waals surface area contributed by atoms with Crippen molar-refractivity contribution in [2.24, 2.45) is 0 Å². The Bertz CT molecular complexity index is 330. The second kappa shape index (κ2) is 9.85. The van der Waals surface area contributed by atoms with Crippen LogP contribution in [-0.2, 0) is 11.2 Å². The molecule has 4 heteroatoms. The molecule has 1 aromatic rings. The molecular weight excluding hydrogens is 244 g/mol. The van der Waals surface area contributed by atoms with Crippen LogP contribution in [-0.4, -0.2) is 31.9 Å². The molecule has 100 valence electrons. The molecule has 0 aliphatic heterocycles. The van der Waals surface area contributed by atoms with E-state index in [4.69, 9.17) is 17.0 Å². The molecule has 3 nitrogen and oxygen atoms in total. The van der Waals surface area contributed by atoms with Gasteiger partial charge in [-0.3, -0.25) is 0 Å². The van der Waals surface area contributed by atoms with E-state index in [1.807, 2.05) is 6.07 Å². The van der Waals surface area contributed by atoms with Crippen LogP contribution in [0.25, 0.3) is 0 Å². The standard InChI is InChI=1S/C14H22N2OS/c1-17-12-6-11-16-14(18)15-10-5-9-13-7-3-2-4-8-13/h2-4,7-8H,5-6,9-12H2,1H3,(H2,15,16,18). The molecule has 2 N–H and O–H groups in total. The number of hydrogen-bond donors (Lipinski definition) is 2. The Morgan fingerprint density at radius 3 is 2.44 bits per heavy atom. The topological polar surface area (TPSA) is 33.3 Å². The molecule has 0 radical (unpaired) electrons. The molecule has 0 spiro atoms.